The van der Waals surface area contributed by atoms with Gasteiger partial charge in [-0.15, -0.1) is 0 Å². The van der Waals surface area contributed by atoms with Gasteiger partial charge in [0.25, 0.3) is 5.91 Å². The van der Waals surface area contributed by atoms with Gasteiger partial charge in [0.05, 0.1) is 33.9 Å². The average molecular weight is 428 g/mol. The number of benzene rings is 1. The molecule has 3 aromatic rings. The van der Waals surface area contributed by atoms with Gasteiger partial charge in [-0.2, -0.15) is 18.3 Å². The molecule has 26 heavy (non-hydrogen) atoms. The summed E-state index contributed by atoms with van der Waals surface area (Å²) >= 11 is 3.06. The molecule has 2 heterocycles. The number of alkyl halides is 3. The maximum Gasteiger partial charge on any atom is 0.416 e. The number of amides is 1. The molecular weight excluding hydrogens is 415 g/mol. The number of halogens is 4. The van der Waals surface area contributed by atoms with Gasteiger partial charge >= 0.3 is 6.18 Å². The fraction of sp³-hybridized carbons (Fsp3) is 0.176. The van der Waals surface area contributed by atoms with Crippen LogP contribution in [0.3, 0.4) is 0 Å². The zero-order valence-corrected chi connectivity index (χ0v) is 14.8. The monoisotopic (exact) mass is 427 g/mol. The van der Waals surface area contributed by atoms with Crippen LogP contribution in [0, 0.1) is 0 Å². The van der Waals surface area contributed by atoms with Gasteiger partial charge < -0.3 is 10.1 Å². The highest BCUT2D eigenvalue weighted by Gasteiger charge is 2.30. The average Bonchev–Trinajstić information content (AvgIpc) is 3.03. The molecule has 0 saturated carbocycles. The van der Waals surface area contributed by atoms with E-state index in [4.69, 9.17) is 4.74 Å². The summed E-state index contributed by atoms with van der Waals surface area (Å²) in [7, 11) is 0. The predicted molar refractivity (Wildman–Crippen MR) is 92.2 cm³/mol. The maximum absolute atomic E-state index is 12.6. The minimum absolute atomic E-state index is 0.106. The van der Waals surface area contributed by atoms with E-state index in [1.165, 1.54) is 12.3 Å². The van der Waals surface area contributed by atoms with E-state index in [1.807, 2.05) is 0 Å². The summed E-state index contributed by atoms with van der Waals surface area (Å²) in [6.45, 7) is 0.297. The summed E-state index contributed by atoms with van der Waals surface area (Å²) < 4.78 is 45.1. The lowest BCUT2D eigenvalue weighted by Crippen LogP contribution is -2.28. The number of fused-ring (bicyclic) bond motifs is 1. The molecule has 136 valence electrons. The van der Waals surface area contributed by atoms with Crippen molar-refractivity contribution in [1.82, 2.24) is 14.9 Å². The zero-order chi connectivity index (χ0) is 18.7. The topological polar surface area (TPSA) is 55.6 Å². The molecule has 9 heteroatoms. The maximum atomic E-state index is 12.6. The molecule has 0 atom stereocenters. The fourth-order valence-electron chi connectivity index (χ4n) is 2.32. The number of pyridine rings is 1. The highest BCUT2D eigenvalue weighted by Crippen LogP contribution is 2.34. The van der Waals surface area contributed by atoms with Crippen LogP contribution in [0.5, 0.6) is 5.75 Å². The molecule has 1 aromatic carbocycles. The highest BCUT2D eigenvalue weighted by atomic mass is 79.9. The molecule has 3 rings (SSSR count). The van der Waals surface area contributed by atoms with Gasteiger partial charge in [-0.25, -0.2) is 4.52 Å². The number of nitrogens with one attached hydrogen (secondary N) is 1. The minimum atomic E-state index is -4.41. The van der Waals surface area contributed by atoms with E-state index in [9.17, 15) is 18.0 Å². The SMILES string of the molecule is O=C(NCCOc1ccc(C(F)(F)F)cc1Br)c1cnn2ccccc12. The molecule has 1 amide bonds. The molecule has 0 unspecified atom stereocenters. The van der Waals surface area contributed by atoms with Crippen molar-refractivity contribution < 1.29 is 22.7 Å². The number of aromatic nitrogens is 2. The number of carbonyl (C=O) groups is 1. The van der Waals surface area contributed by atoms with Crippen molar-refractivity contribution in [2.75, 3.05) is 13.2 Å². The Morgan fingerprint density at radius 2 is 2.08 bits per heavy atom. The molecule has 0 saturated heterocycles. The van der Waals surface area contributed by atoms with Crippen molar-refractivity contribution in [1.29, 1.82) is 0 Å². The Kier molecular flexibility index (Phi) is 5.17. The van der Waals surface area contributed by atoms with E-state index < -0.39 is 11.7 Å². The van der Waals surface area contributed by atoms with Crippen molar-refractivity contribution in [3.05, 3.63) is 64.4 Å². The Morgan fingerprint density at radius 3 is 2.81 bits per heavy atom. The van der Waals surface area contributed by atoms with Gasteiger partial charge in [0.2, 0.25) is 0 Å². The number of ether oxygens (including phenoxy) is 1. The van der Waals surface area contributed by atoms with Gasteiger partial charge in [0.1, 0.15) is 12.4 Å². The van der Waals surface area contributed by atoms with E-state index in [-0.39, 0.29) is 29.3 Å². The molecule has 2 aromatic heterocycles. The van der Waals surface area contributed by atoms with Crippen molar-refractivity contribution in [3.8, 4) is 5.75 Å². The second-order valence-corrected chi connectivity index (χ2v) is 6.19. The van der Waals surface area contributed by atoms with Crippen LogP contribution < -0.4 is 10.1 Å². The lowest BCUT2D eigenvalue weighted by Gasteiger charge is -2.12. The molecule has 0 aliphatic rings. The van der Waals surface area contributed by atoms with Gasteiger partial charge in [-0.1, -0.05) is 6.07 Å². The predicted octanol–water partition coefficient (Wildman–Crippen LogP) is 3.92. The van der Waals surface area contributed by atoms with Gasteiger partial charge in [0, 0.05) is 6.20 Å². The number of hydrogen-bond acceptors (Lipinski definition) is 3. The first-order chi connectivity index (χ1) is 12.4. The molecule has 0 aliphatic carbocycles. The van der Waals surface area contributed by atoms with Crippen molar-refractivity contribution in [3.63, 3.8) is 0 Å². The molecule has 0 fully saturated rings. The first-order valence-corrected chi connectivity index (χ1v) is 8.35. The van der Waals surface area contributed by atoms with Crippen molar-refractivity contribution >= 4 is 27.4 Å². The first kappa shape index (κ1) is 18.2. The molecule has 0 radical (unpaired) electrons. The van der Waals surface area contributed by atoms with E-state index >= 15 is 0 Å². The minimum Gasteiger partial charge on any atom is -0.491 e. The largest absolute Gasteiger partial charge is 0.491 e. The summed E-state index contributed by atoms with van der Waals surface area (Å²) in [5.41, 5.74) is 0.343. The Hall–Kier alpha value is -2.55. The second-order valence-electron chi connectivity index (χ2n) is 5.34. The van der Waals surface area contributed by atoms with Crippen LogP contribution in [-0.2, 0) is 6.18 Å². The van der Waals surface area contributed by atoms with Crippen LogP contribution in [0.25, 0.3) is 5.52 Å². The van der Waals surface area contributed by atoms with Gasteiger partial charge in [-0.05, 0) is 46.3 Å². The zero-order valence-electron chi connectivity index (χ0n) is 13.3. The lowest BCUT2D eigenvalue weighted by molar-refractivity contribution is -0.137. The normalized spacial score (nSPS) is 11.5. The summed E-state index contributed by atoms with van der Waals surface area (Å²) in [6, 6.07) is 8.51. The van der Waals surface area contributed by atoms with Crippen LogP contribution in [0.4, 0.5) is 13.2 Å². The summed E-state index contributed by atoms with van der Waals surface area (Å²) in [5.74, 6) is -0.0375. The third-order valence-corrected chi connectivity index (χ3v) is 4.20. The Balaban J connectivity index is 1.55. The highest BCUT2D eigenvalue weighted by molar-refractivity contribution is 9.10. The third-order valence-electron chi connectivity index (χ3n) is 3.58. The standard InChI is InChI=1S/C17H13BrF3N3O2/c18-13-9-11(17(19,20)21)4-5-15(13)26-8-6-22-16(25)12-10-23-24-7-2-1-3-14(12)24/h1-5,7,9-10H,6,8H2,(H,22,25). The molecular formula is C17H13BrF3N3O2. The smallest absolute Gasteiger partial charge is 0.416 e. The quantitative estimate of drug-likeness (QED) is 0.627. The first-order valence-electron chi connectivity index (χ1n) is 7.56. The molecule has 5 nitrogen and oxygen atoms in total. The van der Waals surface area contributed by atoms with Crippen LogP contribution in [0.2, 0.25) is 0 Å². The lowest BCUT2D eigenvalue weighted by atomic mass is 10.2. The van der Waals surface area contributed by atoms with Crippen molar-refractivity contribution in [2.45, 2.75) is 6.18 Å². The summed E-state index contributed by atoms with van der Waals surface area (Å²) in [4.78, 5) is 12.2. The van der Waals surface area contributed by atoms with Crippen LogP contribution >= 0.6 is 15.9 Å². The van der Waals surface area contributed by atoms with Crippen LogP contribution in [0.15, 0.2) is 53.3 Å². The summed E-state index contributed by atoms with van der Waals surface area (Å²) in [5, 5.41) is 6.77. The summed E-state index contributed by atoms with van der Waals surface area (Å²) in [6.07, 6.45) is -1.21. The van der Waals surface area contributed by atoms with E-state index in [2.05, 4.69) is 26.3 Å². The molecule has 1 N–H and O–H groups in total. The number of rotatable bonds is 5. The molecule has 0 aliphatic heterocycles. The van der Waals surface area contributed by atoms with Crippen LogP contribution in [-0.4, -0.2) is 28.7 Å². The van der Waals surface area contributed by atoms with Gasteiger partial charge in [-0.3, -0.25) is 4.79 Å². The molecule has 0 bridgehead atoms. The fourth-order valence-corrected chi connectivity index (χ4v) is 2.82. The Bertz CT molecular complexity index is 940. The Morgan fingerprint density at radius 1 is 1.27 bits per heavy atom. The van der Waals surface area contributed by atoms with Gasteiger partial charge in [0.15, 0.2) is 0 Å². The third kappa shape index (κ3) is 3.98. The molecule has 0 spiro atoms. The van der Waals surface area contributed by atoms with E-state index in [0.717, 1.165) is 12.1 Å². The number of nitrogens with zero attached hydrogens (tertiary/aromatic N) is 2. The van der Waals surface area contributed by atoms with E-state index in [0.29, 0.717) is 11.1 Å². The second kappa shape index (κ2) is 7.36. The number of hydrogen-bond donors (Lipinski definition) is 1. The number of carbonyl (C=O) groups excluding carboxylic acids is 1. The van der Waals surface area contributed by atoms with E-state index in [1.54, 1.807) is 28.9 Å². The van der Waals surface area contributed by atoms with Crippen LogP contribution in [0.1, 0.15) is 15.9 Å². The Labute approximate surface area is 154 Å². The van der Waals surface area contributed by atoms with Crippen molar-refractivity contribution in [2.24, 2.45) is 0 Å².